The third-order valence-corrected chi connectivity index (χ3v) is 6.60. The summed E-state index contributed by atoms with van der Waals surface area (Å²) in [4.78, 5) is 16.0. The van der Waals surface area contributed by atoms with Crippen molar-refractivity contribution in [2.24, 2.45) is 18.9 Å². The van der Waals surface area contributed by atoms with Gasteiger partial charge in [-0.1, -0.05) is 0 Å². The number of aromatic nitrogens is 5. The number of anilines is 1. The second kappa shape index (κ2) is 8.68. The number of halogens is 3. The zero-order valence-corrected chi connectivity index (χ0v) is 19.3. The summed E-state index contributed by atoms with van der Waals surface area (Å²) in [6.07, 6.45) is -0.0873. The average Bonchev–Trinajstić information content (AvgIpc) is 3.46. The predicted octanol–water partition coefficient (Wildman–Crippen LogP) is 3.92. The fourth-order valence-electron chi connectivity index (χ4n) is 4.37. The number of ether oxygens (including phenoxy) is 2. The van der Waals surface area contributed by atoms with Gasteiger partial charge in [0.05, 0.1) is 37.3 Å². The third-order valence-electron chi connectivity index (χ3n) is 6.60. The molecule has 1 saturated heterocycles. The van der Waals surface area contributed by atoms with E-state index in [4.69, 9.17) is 14.5 Å². The van der Waals surface area contributed by atoms with Gasteiger partial charge in [-0.25, -0.2) is 4.98 Å². The monoisotopic (exact) mass is 476 g/mol. The summed E-state index contributed by atoms with van der Waals surface area (Å²) in [6, 6.07) is 1.92. The largest absolute Gasteiger partial charge is 0.477 e. The molecule has 0 aromatic carbocycles. The van der Waals surface area contributed by atoms with Gasteiger partial charge in [0.1, 0.15) is 6.10 Å². The molecular formula is C23H27F3N6O2. The molecule has 4 heterocycles. The molecule has 1 saturated carbocycles. The molecule has 0 spiro atoms. The zero-order valence-electron chi connectivity index (χ0n) is 19.3. The van der Waals surface area contributed by atoms with Crippen LogP contribution in [0.25, 0.3) is 11.0 Å². The Morgan fingerprint density at radius 3 is 2.74 bits per heavy atom. The van der Waals surface area contributed by atoms with Crippen LogP contribution in [0, 0.1) is 25.7 Å². The van der Waals surface area contributed by atoms with Crippen LogP contribution in [0.1, 0.15) is 35.8 Å². The normalized spacial score (nSPS) is 22.9. The molecule has 2 aliphatic rings. The van der Waals surface area contributed by atoms with Gasteiger partial charge in [-0.3, -0.25) is 4.68 Å². The molecular weight excluding hydrogens is 449 g/mol. The van der Waals surface area contributed by atoms with Gasteiger partial charge in [0.15, 0.2) is 5.65 Å². The summed E-state index contributed by atoms with van der Waals surface area (Å²) in [5, 5.41) is 4.88. The standard InChI is InChI=1S/C23H27F3N6O2/c1-13-8-17-20(28-14(13)2)29-22(30-21(17)34-6-4-15-9-18(15)23(24,25)26)32-5-7-33-19(12-32)16-10-27-31(3)11-16/h8,10-11,15,18-19H,4-7,9,12H2,1-3H3/t15-,18+,19-/m1/s1. The van der Waals surface area contributed by atoms with Crippen molar-refractivity contribution in [2.75, 3.05) is 31.2 Å². The Bertz CT molecular complexity index is 1200. The Hall–Kier alpha value is -2.95. The van der Waals surface area contributed by atoms with E-state index in [1.165, 1.54) is 0 Å². The lowest BCUT2D eigenvalue weighted by Crippen LogP contribution is -2.39. The van der Waals surface area contributed by atoms with E-state index in [0.717, 1.165) is 16.8 Å². The summed E-state index contributed by atoms with van der Waals surface area (Å²) in [7, 11) is 1.86. The van der Waals surface area contributed by atoms with Crippen molar-refractivity contribution >= 4 is 17.0 Å². The molecule has 1 aliphatic heterocycles. The minimum Gasteiger partial charge on any atom is -0.477 e. The minimum atomic E-state index is -4.13. The van der Waals surface area contributed by atoms with Gasteiger partial charge in [-0.15, -0.1) is 0 Å². The van der Waals surface area contributed by atoms with Crippen molar-refractivity contribution in [3.05, 3.63) is 35.3 Å². The van der Waals surface area contributed by atoms with Crippen LogP contribution in [-0.2, 0) is 11.8 Å². The fourth-order valence-corrected chi connectivity index (χ4v) is 4.37. The van der Waals surface area contributed by atoms with Crippen molar-refractivity contribution in [3.8, 4) is 5.88 Å². The molecule has 2 fully saturated rings. The number of hydrogen-bond acceptors (Lipinski definition) is 7. The Kier molecular flexibility index (Phi) is 5.83. The second-order valence-corrected chi connectivity index (χ2v) is 9.12. The lowest BCUT2D eigenvalue weighted by atomic mass is 10.1. The highest BCUT2D eigenvalue weighted by atomic mass is 19.4. The molecule has 1 aliphatic carbocycles. The van der Waals surface area contributed by atoms with Crippen molar-refractivity contribution in [1.82, 2.24) is 24.7 Å². The number of rotatable bonds is 6. The van der Waals surface area contributed by atoms with Gasteiger partial charge >= 0.3 is 6.18 Å². The van der Waals surface area contributed by atoms with Crippen molar-refractivity contribution < 1.29 is 22.6 Å². The summed E-state index contributed by atoms with van der Waals surface area (Å²) in [5.41, 5.74) is 3.30. The molecule has 8 nitrogen and oxygen atoms in total. The first kappa shape index (κ1) is 22.8. The van der Waals surface area contributed by atoms with E-state index in [-0.39, 0.29) is 25.0 Å². The van der Waals surface area contributed by atoms with Gasteiger partial charge in [0.25, 0.3) is 0 Å². The van der Waals surface area contributed by atoms with Crippen LogP contribution < -0.4 is 9.64 Å². The SMILES string of the molecule is Cc1cc2c(OCC[C@@H]3C[C@@H]3C(F)(F)F)nc(N3CCO[C@@H](c4cnn(C)c4)C3)nc2nc1C. The van der Waals surface area contributed by atoms with Crippen molar-refractivity contribution in [3.63, 3.8) is 0 Å². The zero-order chi connectivity index (χ0) is 24.0. The van der Waals surface area contributed by atoms with E-state index in [2.05, 4.69) is 15.1 Å². The Morgan fingerprint density at radius 2 is 2.03 bits per heavy atom. The Labute approximate surface area is 195 Å². The van der Waals surface area contributed by atoms with Crippen LogP contribution in [-0.4, -0.2) is 57.2 Å². The number of alkyl halides is 3. The second-order valence-electron chi connectivity index (χ2n) is 9.12. The van der Waals surface area contributed by atoms with Crippen LogP contribution in [0.15, 0.2) is 18.5 Å². The summed E-state index contributed by atoms with van der Waals surface area (Å²) in [5.74, 6) is -0.772. The highest BCUT2D eigenvalue weighted by molar-refractivity contribution is 5.82. The van der Waals surface area contributed by atoms with Crippen LogP contribution in [0.5, 0.6) is 5.88 Å². The quantitative estimate of drug-likeness (QED) is 0.534. The van der Waals surface area contributed by atoms with Crippen LogP contribution in [0.3, 0.4) is 0 Å². The number of nitrogens with zero attached hydrogens (tertiary/aromatic N) is 6. The van der Waals surface area contributed by atoms with Gasteiger partial charge in [0.2, 0.25) is 11.8 Å². The first-order chi connectivity index (χ1) is 16.2. The fraction of sp³-hybridized carbons (Fsp3) is 0.565. The first-order valence-corrected chi connectivity index (χ1v) is 11.4. The van der Waals surface area contributed by atoms with E-state index in [1.807, 2.05) is 38.1 Å². The van der Waals surface area contributed by atoms with Gasteiger partial charge in [0, 0.05) is 31.0 Å². The highest BCUT2D eigenvalue weighted by Gasteiger charge is 2.55. The lowest BCUT2D eigenvalue weighted by molar-refractivity contribution is -0.151. The first-order valence-electron chi connectivity index (χ1n) is 11.4. The third kappa shape index (κ3) is 4.66. The molecule has 3 aromatic heterocycles. The Balaban J connectivity index is 1.38. The van der Waals surface area contributed by atoms with E-state index >= 15 is 0 Å². The Morgan fingerprint density at radius 1 is 1.21 bits per heavy atom. The van der Waals surface area contributed by atoms with E-state index < -0.39 is 12.1 Å². The van der Waals surface area contributed by atoms with Crippen LogP contribution >= 0.6 is 0 Å². The minimum absolute atomic E-state index is 0.164. The molecule has 3 aromatic rings. The molecule has 11 heteroatoms. The van der Waals surface area contributed by atoms with E-state index in [9.17, 15) is 13.2 Å². The number of hydrogen-bond donors (Lipinski definition) is 0. The molecule has 0 radical (unpaired) electrons. The summed E-state index contributed by atoms with van der Waals surface area (Å²) in [6.45, 7) is 5.65. The van der Waals surface area contributed by atoms with Gasteiger partial charge in [-0.05, 0) is 44.2 Å². The number of pyridine rings is 1. The maximum Gasteiger partial charge on any atom is 0.392 e. The maximum absolute atomic E-state index is 12.9. The summed E-state index contributed by atoms with van der Waals surface area (Å²) >= 11 is 0. The molecule has 0 bridgehead atoms. The van der Waals surface area contributed by atoms with Gasteiger partial charge in [-0.2, -0.15) is 28.2 Å². The smallest absolute Gasteiger partial charge is 0.392 e. The molecule has 0 unspecified atom stereocenters. The van der Waals surface area contributed by atoms with Crippen LogP contribution in [0.4, 0.5) is 19.1 Å². The molecule has 3 atom stereocenters. The molecule has 0 N–H and O–H groups in total. The molecule has 34 heavy (non-hydrogen) atoms. The topological polar surface area (TPSA) is 78.2 Å². The predicted molar refractivity (Wildman–Crippen MR) is 119 cm³/mol. The van der Waals surface area contributed by atoms with Crippen molar-refractivity contribution in [1.29, 1.82) is 0 Å². The van der Waals surface area contributed by atoms with Gasteiger partial charge < -0.3 is 14.4 Å². The summed E-state index contributed by atoms with van der Waals surface area (Å²) < 4.78 is 52.2. The lowest BCUT2D eigenvalue weighted by Gasteiger charge is -2.32. The van der Waals surface area contributed by atoms with E-state index in [1.54, 1.807) is 10.9 Å². The van der Waals surface area contributed by atoms with Crippen LogP contribution in [0.2, 0.25) is 0 Å². The number of aryl methyl sites for hydroxylation is 3. The van der Waals surface area contributed by atoms with E-state index in [0.29, 0.717) is 49.0 Å². The molecule has 5 rings (SSSR count). The molecule has 0 amide bonds. The highest BCUT2D eigenvalue weighted by Crippen LogP contribution is 2.51. The number of fused-ring (bicyclic) bond motifs is 1. The average molecular weight is 477 g/mol. The molecule has 182 valence electrons. The van der Waals surface area contributed by atoms with Crippen molar-refractivity contribution in [2.45, 2.75) is 39.0 Å². The maximum atomic E-state index is 12.9. The number of morpholine rings is 1.